The minimum atomic E-state index is -0.368. The molecule has 1 heterocycles. The van der Waals surface area contributed by atoms with Gasteiger partial charge in [-0.25, -0.2) is 0 Å². The lowest BCUT2D eigenvalue weighted by Crippen LogP contribution is -2.29. The number of nitrogens with two attached hydrogens (primary N) is 2. The quantitative estimate of drug-likeness (QED) is 0.580. The number of rotatable bonds is 6. The van der Waals surface area contributed by atoms with Crippen molar-refractivity contribution in [1.82, 2.24) is 4.90 Å². The average Bonchev–Trinajstić information content (AvgIpc) is 2.55. The van der Waals surface area contributed by atoms with Crippen molar-refractivity contribution in [3.8, 4) is 0 Å². The number of nitrogens with zero attached hydrogens (tertiary/aromatic N) is 1. The number of carbonyl (C=O) groups is 2. The monoisotopic (exact) mass is 213 g/mol. The van der Waals surface area contributed by atoms with Crippen molar-refractivity contribution in [3.63, 3.8) is 0 Å². The van der Waals surface area contributed by atoms with Crippen molar-refractivity contribution >= 4 is 11.8 Å². The Labute approximate surface area is 89.8 Å². The van der Waals surface area contributed by atoms with Gasteiger partial charge in [0, 0.05) is 19.5 Å². The first-order valence-corrected chi connectivity index (χ1v) is 5.42. The fourth-order valence-corrected chi connectivity index (χ4v) is 1.80. The largest absolute Gasteiger partial charge is 0.369 e. The molecule has 1 rings (SSSR count). The lowest BCUT2D eigenvalue weighted by molar-refractivity contribution is -0.128. The number of unbranched alkanes of at least 4 members (excludes halogenated alkanes) is 2. The number of carbonyl (C=O) groups excluding carboxylic acids is 2. The van der Waals surface area contributed by atoms with Crippen LogP contribution in [0.3, 0.4) is 0 Å². The van der Waals surface area contributed by atoms with E-state index in [0.717, 1.165) is 25.8 Å². The Bertz CT molecular complexity index is 243. The zero-order valence-electron chi connectivity index (χ0n) is 8.95. The molecule has 4 N–H and O–H groups in total. The molecule has 0 aromatic carbocycles. The second-order valence-electron chi connectivity index (χ2n) is 3.99. The zero-order chi connectivity index (χ0) is 11.3. The van der Waals surface area contributed by atoms with Gasteiger partial charge in [-0.2, -0.15) is 0 Å². The first-order chi connectivity index (χ1) is 7.15. The maximum atomic E-state index is 11.4. The molecule has 5 heteroatoms. The predicted octanol–water partition coefficient (Wildman–Crippen LogP) is -0.551. The molecule has 5 nitrogen and oxygen atoms in total. The van der Waals surface area contributed by atoms with Crippen molar-refractivity contribution in [3.05, 3.63) is 0 Å². The van der Waals surface area contributed by atoms with E-state index >= 15 is 0 Å². The van der Waals surface area contributed by atoms with E-state index in [1.807, 2.05) is 0 Å². The van der Waals surface area contributed by atoms with Gasteiger partial charge in [-0.3, -0.25) is 9.59 Å². The maximum Gasteiger partial charge on any atom is 0.223 e. The average molecular weight is 213 g/mol. The van der Waals surface area contributed by atoms with Crippen LogP contribution in [-0.4, -0.2) is 36.3 Å². The Hall–Kier alpha value is -1.10. The summed E-state index contributed by atoms with van der Waals surface area (Å²) in [5.74, 6) is -0.605. The van der Waals surface area contributed by atoms with Crippen LogP contribution in [0.1, 0.15) is 25.7 Å². The number of hydrogen-bond acceptors (Lipinski definition) is 3. The van der Waals surface area contributed by atoms with E-state index in [2.05, 4.69) is 0 Å². The summed E-state index contributed by atoms with van der Waals surface area (Å²) in [6.07, 6.45) is 3.25. The van der Waals surface area contributed by atoms with Gasteiger partial charge in [-0.05, 0) is 19.4 Å². The Morgan fingerprint density at radius 2 is 2.13 bits per heavy atom. The fraction of sp³-hybridized carbons (Fsp3) is 0.800. The van der Waals surface area contributed by atoms with Gasteiger partial charge in [-0.1, -0.05) is 6.42 Å². The predicted molar refractivity (Wildman–Crippen MR) is 56.8 cm³/mol. The number of primary amides is 1. The molecule has 0 aromatic rings. The second-order valence-corrected chi connectivity index (χ2v) is 3.99. The van der Waals surface area contributed by atoms with Crippen molar-refractivity contribution in [2.24, 2.45) is 17.4 Å². The van der Waals surface area contributed by atoms with Crippen LogP contribution in [0.15, 0.2) is 0 Å². The van der Waals surface area contributed by atoms with E-state index in [1.54, 1.807) is 4.90 Å². The lowest BCUT2D eigenvalue weighted by atomic mass is 10.1. The molecule has 1 saturated heterocycles. The van der Waals surface area contributed by atoms with E-state index in [-0.39, 0.29) is 24.2 Å². The highest BCUT2D eigenvalue weighted by molar-refractivity contribution is 5.88. The molecule has 1 unspecified atom stereocenters. The first-order valence-electron chi connectivity index (χ1n) is 5.42. The van der Waals surface area contributed by atoms with Crippen molar-refractivity contribution < 1.29 is 9.59 Å². The molecule has 86 valence electrons. The van der Waals surface area contributed by atoms with E-state index < -0.39 is 0 Å². The molecule has 0 spiro atoms. The third-order valence-electron chi connectivity index (χ3n) is 2.75. The van der Waals surface area contributed by atoms with E-state index in [4.69, 9.17) is 11.5 Å². The maximum absolute atomic E-state index is 11.4. The summed E-state index contributed by atoms with van der Waals surface area (Å²) in [5.41, 5.74) is 10.5. The number of likely N-dealkylation sites (tertiary alicyclic amines) is 1. The molecule has 0 bridgehead atoms. The molecule has 1 aliphatic rings. The lowest BCUT2D eigenvalue weighted by Gasteiger charge is -2.15. The number of amides is 2. The molecule has 0 aromatic heterocycles. The fourth-order valence-electron chi connectivity index (χ4n) is 1.80. The van der Waals surface area contributed by atoms with Crippen LogP contribution in [0.5, 0.6) is 0 Å². The van der Waals surface area contributed by atoms with Gasteiger partial charge in [0.25, 0.3) is 0 Å². The van der Waals surface area contributed by atoms with Crippen LogP contribution >= 0.6 is 0 Å². The van der Waals surface area contributed by atoms with Crippen LogP contribution in [-0.2, 0) is 9.59 Å². The molecule has 15 heavy (non-hydrogen) atoms. The molecular formula is C10H19N3O2. The smallest absolute Gasteiger partial charge is 0.223 e. The third-order valence-corrected chi connectivity index (χ3v) is 2.75. The zero-order valence-corrected chi connectivity index (χ0v) is 8.95. The van der Waals surface area contributed by atoms with Crippen molar-refractivity contribution in [1.29, 1.82) is 0 Å². The summed E-state index contributed by atoms with van der Waals surface area (Å²) in [4.78, 5) is 24.1. The molecule has 1 atom stereocenters. The first kappa shape index (κ1) is 12.0. The normalized spacial score (nSPS) is 21.0. The molecule has 2 amide bonds. The Balaban J connectivity index is 2.25. The summed E-state index contributed by atoms with van der Waals surface area (Å²) in [6.45, 7) is 1.91. The topological polar surface area (TPSA) is 89.4 Å². The molecule has 1 aliphatic heterocycles. The second kappa shape index (κ2) is 5.70. The van der Waals surface area contributed by atoms with Crippen LogP contribution in [0, 0.1) is 5.92 Å². The SMILES string of the molecule is NCCCCCN1CC(C(N)=O)CC1=O. The Morgan fingerprint density at radius 3 is 2.67 bits per heavy atom. The van der Waals surface area contributed by atoms with Crippen LogP contribution in [0.2, 0.25) is 0 Å². The minimum Gasteiger partial charge on any atom is -0.369 e. The van der Waals surface area contributed by atoms with Gasteiger partial charge in [0.15, 0.2) is 0 Å². The highest BCUT2D eigenvalue weighted by Crippen LogP contribution is 2.17. The van der Waals surface area contributed by atoms with Gasteiger partial charge < -0.3 is 16.4 Å². The Morgan fingerprint density at radius 1 is 1.40 bits per heavy atom. The summed E-state index contributed by atoms with van der Waals surface area (Å²) in [5, 5.41) is 0. The molecule has 1 fully saturated rings. The molecule has 0 radical (unpaired) electrons. The summed E-state index contributed by atoms with van der Waals surface area (Å²) < 4.78 is 0. The van der Waals surface area contributed by atoms with Crippen LogP contribution in [0.4, 0.5) is 0 Å². The van der Waals surface area contributed by atoms with E-state index in [0.29, 0.717) is 13.1 Å². The van der Waals surface area contributed by atoms with Crippen LogP contribution in [0.25, 0.3) is 0 Å². The summed E-state index contributed by atoms with van der Waals surface area (Å²) in [7, 11) is 0. The van der Waals surface area contributed by atoms with Crippen molar-refractivity contribution in [2.45, 2.75) is 25.7 Å². The molecular weight excluding hydrogens is 194 g/mol. The van der Waals surface area contributed by atoms with Crippen molar-refractivity contribution in [2.75, 3.05) is 19.6 Å². The molecule has 0 saturated carbocycles. The molecule has 0 aliphatic carbocycles. The van der Waals surface area contributed by atoms with Gasteiger partial charge in [-0.15, -0.1) is 0 Å². The third kappa shape index (κ3) is 3.51. The highest BCUT2D eigenvalue weighted by Gasteiger charge is 2.32. The van der Waals surface area contributed by atoms with Gasteiger partial charge in [0.05, 0.1) is 5.92 Å². The van der Waals surface area contributed by atoms with E-state index in [1.165, 1.54) is 0 Å². The number of hydrogen-bond donors (Lipinski definition) is 2. The summed E-state index contributed by atoms with van der Waals surface area (Å²) in [6, 6.07) is 0. The van der Waals surface area contributed by atoms with Crippen LogP contribution < -0.4 is 11.5 Å². The van der Waals surface area contributed by atoms with Gasteiger partial charge in [0.2, 0.25) is 11.8 Å². The van der Waals surface area contributed by atoms with Gasteiger partial charge in [0.1, 0.15) is 0 Å². The van der Waals surface area contributed by atoms with Gasteiger partial charge >= 0.3 is 0 Å². The summed E-state index contributed by atoms with van der Waals surface area (Å²) >= 11 is 0. The Kier molecular flexibility index (Phi) is 4.55. The highest BCUT2D eigenvalue weighted by atomic mass is 16.2. The standard InChI is InChI=1S/C10H19N3O2/c11-4-2-1-3-5-13-7-8(10(12)15)6-9(13)14/h8H,1-7,11H2,(H2,12,15). The van der Waals surface area contributed by atoms with E-state index in [9.17, 15) is 9.59 Å². The minimum absolute atomic E-state index is 0.0477.